The first kappa shape index (κ1) is 78.6. The summed E-state index contributed by atoms with van der Waals surface area (Å²) in [5.74, 6) is 0.367. The fraction of sp³-hybridized carbons (Fsp3) is 0.637. The third kappa shape index (κ3) is 18.1. The predicted octanol–water partition coefficient (Wildman–Crippen LogP) is 14.5. The van der Waals surface area contributed by atoms with E-state index in [0.29, 0.717) is 0 Å². The number of pyridine rings is 1. The van der Waals surface area contributed by atoms with Gasteiger partial charge >= 0.3 is 23.9 Å². The van der Waals surface area contributed by atoms with Crippen LogP contribution in [-0.2, 0) is 57.4 Å². The normalized spacial score (nSPS) is 26.3. The number of benzene rings is 3. The topological polar surface area (TPSA) is 180 Å². The van der Waals surface area contributed by atoms with E-state index in [-0.39, 0.29) is 77.4 Å². The number of piperazine rings is 4. The van der Waals surface area contributed by atoms with Crippen LogP contribution in [0, 0.1) is 28.6 Å². The number of nitrogens with one attached hydrogen (secondary N) is 3. The third-order valence-electron chi connectivity index (χ3n) is 28.1. The van der Waals surface area contributed by atoms with Gasteiger partial charge in [0.25, 0.3) is 0 Å². The zero-order valence-corrected chi connectivity index (χ0v) is 66.1. The Labute approximate surface area is 661 Å². The van der Waals surface area contributed by atoms with Crippen LogP contribution in [0.25, 0.3) is 0 Å². The molecule has 0 bridgehead atoms. The molecule has 1 aromatic heterocycles. The van der Waals surface area contributed by atoms with E-state index >= 15 is 0 Å². The summed E-state index contributed by atoms with van der Waals surface area (Å²) in [5.41, 5.74) is 16.8. The number of nitrogens with zero attached hydrogens (tertiary/aromatic N) is 9. The summed E-state index contributed by atoms with van der Waals surface area (Å²) in [4.78, 5) is 73.5. The summed E-state index contributed by atoms with van der Waals surface area (Å²) in [5, 5.41) is 10.0. The molecule has 4 spiro atoms. The number of anilines is 7. The van der Waals surface area contributed by atoms with E-state index in [1.165, 1.54) is 114 Å². The molecule has 12 fully saturated rings. The monoisotopic (exact) mass is 1520 g/mol. The number of allylic oxidation sites excluding steroid dienone is 3. The number of carbonyl (C=O) groups is 4. The molecule has 600 valence electrons. The Morgan fingerprint density at radius 3 is 0.883 bits per heavy atom. The minimum Gasteiger partial charge on any atom is -0.462 e. The Bertz CT molecular complexity index is 3970. The average molecular weight is 1520 g/mol. The van der Waals surface area contributed by atoms with Crippen molar-refractivity contribution >= 4 is 63.7 Å². The van der Waals surface area contributed by atoms with Crippen molar-refractivity contribution < 1.29 is 38.1 Å². The summed E-state index contributed by atoms with van der Waals surface area (Å²) in [6.45, 7) is 35.4. The lowest BCUT2D eigenvalue weighted by Crippen LogP contribution is -2.47. The molecule has 11 aliphatic heterocycles. The van der Waals surface area contributed by atoms with E-state index < -0.39 is 0 Å². The maximum atomic E-state index is 12.5. The van der Waals surface area contributed by atoms with Crippen molar-refractivity contribution in [2.75, 3.05) is 166 Å². The number of hydrogen-bond donors (Lipinski definition) is 3. The molecular weight excluding hydrogens is 1390 g/mol. The highest BCUT2D eigenvalue weighted by atomic mass is 16.6. The number of cyclic esters (lactones) is 4. The molecule has 4 aliphatic carbocycles. The number of ether oxygens (including phenoxy) is 4. The standard InChI is InChI=1S/C24H33N3O2.C23H31N3O2.C22H29N3O2.C21H31N3O2.CH4/c1-18-15-19-16-20(5-6-22(19)25-18)27-13-11-26(12-14-27)10-7-21-17-24(23(28)29-21)8-3-2-4-9-24;1-17-14-18-15-19(4-5-21(18)24-17)26-12-10-25(11-13-26)9-6-20-16-23(22(27)28-20)7-2-3-8-23;1-16-13-17-14-18(3-4-20(17)23-16)25-11-9-24(10-12-25)8-5-19-15-22(6-2-7-22)21(26)27-19;1-17-15-18(5-9-22-17)24-13-11-23(12-14-24)10-6-19-16-21(20(25)26-19)7-3-2-4-8-21;/h5-6,16,21,25H,1-4,7-15,17H2;4-5,15,20,24H,1-3,6-14,16H2;3-4,14,19,23H,1-2,5-13,15H2;5,9,15,19H,2-4,6-8,10-14,16H2,1H3;1H4. The third-order valence-corrected chi connectivity index (χ3v) is 28.1. The second-order valence-electron chi connectivity index (χ2n) is 35.6. The molecule has 4 saturated carbocycles. The van der Waals surface area contributed by atoms with E-state index in [0.717, 1.165) is 276 Å². The zero-order chi connectivity index (χ0) is 75.4. The molecule has 20 heteroatoms. The fourth-order valence-electron chi connectivity index (χ4n) is 21.2. The molecule has 0 amide bonds. The molecule has 4 unspecified atom stereocenters. The van der Waals surface area contributed by atoms with Crippen molar-refractivity contribution in [3.63, 3.8) is 0 Å². The minimum atomic E-state index is -0.130. The highest BCUT2D eigenvalue weighted by molar-refractivity contribution is 5.81. The van der Waals surface area contributed by atoms with Gasteiger partial charge in [-0.05, 0) is 167 Å². The number of aromatic nitrogens is 1. The Kier molecular flexibility index (Phi) is 24.5. The van der Waals surface area contributed by atoms with Crippen LogP contribution >= 0.6 is 0 Å². The van der Waals surface area contributed by atoms with Crippen LogP contribution in [0.3, 0.4) is 0 Å². The fourth-order valence-corrected chi connectivity index (χ4v) is 21.2. The zero-order valence-electron chi connectivity index (χ0n) is 66.1. The first-order chi connectivity index (χ1) is 53.5. The predicted molar refractivity (Wildman–Crippen MR) is 444 cm³/mol. The van der Waals surface area contributed by atoms with Gasteiger partial charge < -0.3 is 54.5 Å². The van der Waals surface area contributed by atoms with Crippen molar-refractivity contribution in [2.45, 2.75) is 219 Å². The van der Waals surface area contributed by atoms with Gasteiger partial charge in [0.05, 0.1) is 21.7 Å². The summed E-state index contributed by atoms with van der Waals surface area (Å²) in [7, 11) is 0. The van der Waals surface area contributed by atoms with Gasteiger partial charge in [-0.15, -0.1) is 0 Å². The Balaban J connectivity index is 0.000000117. The van der Waals surface area contributed by atoms with Gasteiger partial charge in [-0.1, -0.05) is 85.0 Å². The molecule has 12 heterocycles. The van der Waals surface area contributed by atoms with Crippen molar-refractivity contribution in [3.05, 3.63) is 132 Å². The van der Waals surface area contributed by atoms with Crippen molar-refractivity contribution in [1.29, 1.82) is 0 Å². The molecule has 4 aromatic rings. The van der Waals surface area contributed by atoms with Gasteiger partial charge in [0.15, 0.2) is 0 Å². The molecule has 4 atom stereocenters. The molecule has 20 nitrogen and oxygen atoms in total. The Morgan fingerprint density at radius 2 is 0.622 bits per heavy atom. The molecule has 111 heavy (non-hydrogen) atoms. The molecule has 3 N–H and O–H groups in total. The van der Waals surface area contributed by atoms with Crippen LogP contribution in [0.1, 0.15) is 190 Å². The Hall–Kier alpha value is -7.65. The molecular formula is C91H128N12O8. The smallest absolute Gasteiger partial charge is 0.312 e. The number of hydrogen-bond acceptors (Lipinski definition) is 20. The van der Waals surface area contributed by atoms with E-state index in [1.54, 1.807) is 0 Å². The maximum Gasteiger partial charge on any atom is 0.312 e. The highest BCUT2D eigenvalue weighted by Crippen LogP contribution is 2.52. The number of rotatable bonds is 16. The van der Waals surface area contributed by atoms with E-state index in [4.69, 9.17) is 18.9 Å². The van der Waals surface area contributed by atoms with Gasteiger partial charge in [-0.3, -0.25) is 43.8 Å². The molecule has 3 aromatic carbocycles. The van der Waals surface area contributed by atoms with Crippen LogP contribution in [0.15, 0.2) is 110 Å². The van der Waals surface area contributed by atoms with Gasteiger partial charge in [0.1, 0.15) is 24.4 Å². The SMILES string of the molecule is C.C=C1Cc2cc(N3CCN(CCC4CC5(CCC5)C(=O)O4)CC3)ccc2N1.C=C1Cc2cc(N3CCN(CCC4CC5(CCCC5)C(=O)O4)CC3)ccc2N1.C=C1Cc2cc(N3CCN(CCC4CC5(CCCCC5)C(=O)O4)CC3)ccc2N1.Cc1cc(N2CCN(CCC3CC4(CCCCC4)C(=O)O3)CC2)ccn1. The van der Waals surface area contributed by atoms with Crippen LogP contribution in [0.5, 0.6) is 0 Å². The molecule has 15 aliphatic rings. The number of fused-ring (bicyclic) bond motifs is 3. The highest BCUT2D eigenvalue weighted by Gasteiger charge is 2.54. The largest absolute Gasteiger partial charge is 0.462 e. The lowest BCUT2D eigenvalue weighted by atomic mass is 9.67. The van der Waals surface area contributed by atoms with E-state index in [2.05, 4.69) is 147 Å². The second kappa shape index (κ2) is 34.6. The number of esters is 4. The average Bonchev–Trinajstić information content (AvgIpc) is 1.56. The van der Waals surface area contributed by atoms with Gasteiger partial charge in [-0.2, -0.15) is 0 Å². The number of aryl methyl sites for hydroxylation is 1. The maximum absolute atomic E-state index is 12.5. The van der Waals surface area contributed by atoms with Crippen LogP contribution in [0.4, 0.5) is 39.8 Å². The molecule has 0 radical (unpaired) electrons. The van der Waals surface area contributed by atoms with Gasteiger partial charge in [0, 0.05) is 245 Å². The first-order valence-electron chi connectivity index (χ1n) is 42.9. The minimum absolute atomic E-state index is 0. The van der Waals surface area contributed by atoms with Crippen LogP contribution in [0.2, 0.25) is 0 Å². The number of carbonyl (C=O) groups excluding carboxylic acids is 4. The summed E-state index contributed by atoms with van der Waals surface area (Å²) in [6, 6.07) is 24.4. The quantitative estimate of drug-likeness (QED) is 0.0711. The van der Waals surface area contributed by atoms with Crippen molar-refractivity contribution in [1.82, 2.24) is 24.6 Å². The van der Waals surface area contributed by atoms with E-state index in [1.807, 2.05) is 13.1 Å². The van der Waals surface area contributed by atoms with Crippen molar-refractivity contribution in [2.24, 2.45) is 21.7 Å². The molecule has 8 saturated heterocycles. The summed E-state index contributed by atoms with van der Waals surface area (Å²) >= 11 is 0. The van der Waals surface area contributed by atoms with Crippen LogP contribution < -0.4 is 35.6 Å². The van der Waals surface area contributed by atoms with Crippen LogP contribution in [-0.4, -0.2) is 204 Å². The molecule has 19 rings (SSSR count). The lowest BCUT2D eigenvalue weighted by Gasteiger charge is -2.36. The first-order valence-corrected chi connectivity index (χ1v) is 42.9. The van der Waals surface area contributed by atoms with Crippen molar-refractivity contribution in [3.8, 4) is 0 Å². The summed E-state index contributed by atoms with van der Waals surface area (Å²) in [6.07, 6.45) is 32.3. The Morgan fingerprint density at radius 1 is 0.360 bits per heavy atom. The lowest BCUT2D eigenvalue weighted by molar-refractivity contribution is -0.153. The van der Waals surface area contributed by atoms with E-state index in [9.17, 15) is 19.2 Å². The van der Waals surface area contributed by atoms with Gasteiger partial charge in [0.2, 0.25) is 0 Å². The second-order valence-corrected chi connectivity index (χ2v) is 35.6. The summed E-state index contributed by atoms with van der Waals surface area (Å²) < 4.78 is 23.0. The van der Waals surface area contributed by atoms with Gasteiger partial charge in [-0.25, -0.2) is 0 Å².